The number of fused-ring (bicyclic) bond motifs is 1. The van der Waals surface area contributed by atoms with Gasteiger partial charge in [0, 0.05) is 30.2 Å². The highest BCUT2D eigenvalue weighted by atomic mass is 19.1. The summed E-state index contributed by atoms with van der Waals surface area (Å²) in [6.07, 6.45) is 1.92. The van der Waals surface area contributed by atoms with Gasteiger partial charge in [-0.1, -0.05) is 13.0 Å². The molecule has 2 aromatic rings. The van der Waals surface area contributed by atoms with E-state index >= 15 is 0 Å². The largest absolute Gasteiger partial charge is 0.370 e. The molecule has 1 fully saturated rings. The second-order valence-electron chi connectivity index (χ2n) is 6.12. The van der Waals surface area contributed by atoms with Crippen LogP contribution in [0.5, 0.6) is 0 Å². The van der Waals surface area contributed by atoms with Crippen molar-refractivity contribution in [2.75, 3.05) is 11.9 Å². The summed E-state index contributed by atoms with van der Waals surface area (Å²) in [6.45, 7) is 2.99. The van der Waals surface area contributed by atoms with Gasteiger partial charge < -0.3 is 5.32 Å². The highest BCUT2D eigenvalue weighted by Gasteiger charge is 2.37. The van der Waals surface area contributed by atoms with Crippen molar-refractivity contribution in [2.24, 2.45) is 5.92 Å². The summed E-state index contributed by atoms with van der Waals surface area (Å²) >= 11 is 0. The molecule has 1 aromatic carbocycles. The third-order valence-electron chi connectivity index (χ3n) is 4.58. The zero-order valence-corrected chi connectivity index (χ0v) is 11.8. The Morgan fingerprint density at radius 2 is 2.10 bits per heavy atom. The van der Waals surface area contributed by atoms with Crippen molar-refractivity contribution in [3.63, 3.8) is 0 Å². The molecule has 0 saturated heterocycles. The van der Waals surface area contributed by atoms with E-state index in [1.807, 2.05) is 4.68 Å². The van der Waals surface area contributed by atoms with Crippen LogP contribution in [0.4, 0.5) is 14.6 Å². The second-order valence-corrected chi connectivity index (χ2v) is 6.12. The van der Waals surface area contributed by atoms with E-state index in [4.69, 9.17) is 0 Å². The van der Waals surface area contributed by atoms with Gasteiger partial charge in [-0.3, -0.25) is 0 Å². The van der Waals surface area contributed by atoms with Gasteiger partial charge in [-0.15, -0.1) is 0 Å². The Hall–Kier alpha value is -1.91. The van der Waals surface area contributed by atoms with Crippen LogP contribution in [0.25, 0.3) is 0 Å². The van der Waals surface area contributed by atoms with E-state index in [-0.39, 0.29) is 6.04 Å². The summed E-state index contributed by atoms with van der Waals surface area (Å²) in [5, 5.41) is 7.99. The van der Waals surface area contributed by atoms with Gasteiger partial charge in [0.25, 0.3) is 0 Å². The average molecular weight is 289 g/mol. The number of nitrogens with one attached hydrogen (secondary N) is 1. The molecule has 3 unspecified atom stereocenters. The van der Waals surface area contributed by atoms with Crippen molar-refractivity contribution in [2.45, 2.75) is 31.7 Å². The fraction of sp³-hybridized carbons (Fsp3) is 0.438. The van der Waals surface area contributed by atoms with Crippen LogP contribution in [0.3, 0.4) is 0 Å². The standard InChI is InChI=1S/C16H17F2N3/c1-9-6-12(9)14-8-16-19-5-4-15(21(16)20-14)11-3-2-10(17)7-13(11)18/h2-3,7-9,12,15,19H,4-6H2,1H3. The monoisotopic (exact) mass is 289 g/mol. The molecule has 110 valence electrons. The number of aromatic nitrogens is 2. The molecular weight excluding hydrogens is 272 g/mol. The van der Waals surface area contributed by atoms with Crippen LogP contribution in [0, 0.1) is 17.6 Å². The van der Waals surface area contributed by atoms with Gasteiger partial charge in [-0.25, -0.2) is 13.5 Å². The Morgan fingerprint density at radius 1 is 1.29 bits per heavy atom. The Labute approximate surface area is 122 Å². The van der Waals surface area contributed by atoms with Crippen molar-refractivity contribution < 1.29 is 8.78 Å². The van der Waals surface area contributed by atoms with E-state index in [9.17, 15) is 8.78 Å². The number of nitrogens with zero attached hydrogens (tertiary/aromatic N) is 2. The van der Waals surface area contributed by atoms with Crippen LogP contribution in [0.1, 0.15) is 43.0 Å². The molecule has 1 aromatic heterocycles. The molecule has 1 aliphatic carbocycles. The molecule has 3 atom stereocenters. The van der Waals surface area contributed by atoms with Gasteiger partial charge in [0.1, 0.15) is 17.5 Å². The van der Waals surface area contributed by atoms with Gasteiger partial charge >= 0.3 is 0 Å². The summed E-state index contributed by atoms with van der Waals surface area (Å²) in [7, 11) is 0. The van der Waals surface area contributed by atoms with Crippen LogP contribution >= 0.6 is 0 Å². The van der Waals surface area contributed by atoms with E-state index < -0.39 is 11.6 Å². The minimum absolute atomic E-state index is 0.162. The molecule has 3 nitrogen and oxygen atoms in total. The first-order valence-corrected chi connectivity index (χ1v) is 7.42. The third-order valence-corrected chi connectivity index (χ3v) is 4.58. The molecule has 0 spiro atoms. The zero-order chi connectivity index (χ0) is 14.6. The quantitative estimate of drug-likeness (QED) is 0.913. The number of hydrogen-bond acceptors (Lipinski definition) is 2. The number of rotatable bonds is 2. The van der Waals surface area contributed by atoms with Gasteiger partial charge in [-0.05, 0) is 24.8 Å². The summed E-state index contributed by atoms with van der Waals surface area (Å²) in [5.41, 5.74) is 1.59. The van der Waals surface area contributed by atoms with Crippen LogP contribution < -0.4 is 5.32 Å². The summed E-state index contributed by atoms with van der Waals surface area (Å²) < 4.78 is 29.0. The van der Waals surface area contributed by atoms with Gasteiger partial charge in [-0.2, -0.15) is 5.10 Å². The molecule has 2 aliphatic rings. The first-order chi connectivity index (χ1) is 10.1. The van der Waals surface area contributed by atoms with Gasteiger partial charge in [0.2, 0.25) is 0 Å². The molecule has 1 N–H and O–H groups in total. The maximum absolute atomic E-state index is 14.1. The van der Waals surface area contributed by atoms with Gasteiger partial charge in [0.05, 0.1) is 11.7 Å². The van der Waals surface area contributed by atoms with E-state index in [1.54, 1.807) is 0 Å². The minimum Gasteiger partial charge on any atom is -0.370 e. The molecule has 21 heavy (non-hydrogen) atoms. The predicted octanol–water partition coefficient (Wildman–Crippen LogP) is 3.69. The lowest BCUT2D eigenvalue weighted by Crippen LogP contribution is -2.25. The topological polar surface area (TPSA) is 29.9 Å². The Bertz CT molecular complexity index is 695. The average Bonchev–Trinajstić information content (AvgIpc) is 3.02. The normalized spacial score (nSPS) is 27.1. The summed E-state index contributed by atoms with van der Waals surface area (Å²) in [4.78, 5) is 0. The minimum atomic E-state index is -0.543. The smallest absolute Gasteiger partial charge is 0.131 e. The molecule has 1 aliphatic heterocycles. The lowest BCUT2D eigenvalue weighted by Gasteiger charge is -2.26. The van der Waals surface area contributed by atoms with Gasteiger partial charge in [0.15, 0.2) is 0 Å². The van der Waals surface area contributed by atoms with Crippen LogP contribution in [-0.2, 0) is 0 Å². The first kappa shape index (κ1) is 12.8. The molecule has 1 saturated carbocycles. The van der Waals surface area contributed by atoms with Crippen LogP contribution in [0.2, 0.25) is 0 Å². The van der Waals surface area contributed by atoms with Crippen molar-refractivity contribution in [1.29, 1.82) is 0 Å². The predicted molar refractivity (Wildman–Crippen MR) is 76.4 cm³/mol. The number of benzene rings is 1. The fourth-order valence-electron chi connectivity index (χ4n) is 3.22. The number of anilines is 1. The molecule has 4 rings (SSSR count). The zero-order valence-electron chi connectivity index (χ0n) is 11.8. The maximum Gasteiger partial charge on any atom is 0.131 e. The lowest BCUT2D eigenvalue weighted by atomic mass is 10.0. The fourth-order valence-corrected chi connectivity index (χ4v) is 3.22. The lowest BCUT2D eigenvalue weighted by molar-refractivity contribution is 0.452. The SMILES string of the molecule is CC1CC1c1cc2n(n1)C(c1ccc(F)cc1F)CCN2. The third kappa shape index (κ3) is 2.11. The molecule has 0 bridgehead atoms. The number of halogens is 2. The molecular formula is C16H17F2N3. The van der Waals surface area contributed by atoms with Crippen molar-refractivity contribution >= 4 is 5.82 Å². The summed E-state index contributed by atoms with van der Waals surface area (Å²) in [5.74, 6) is 1.11. The maximum atomic E-state index is 14.1. The Balaban J connectivity index is 1.74. The first-order valence-electron chi connectivity index (χ1n) is 7.42. The highest BCUT2D eigenvalue weighted by Crippen LogP contribution is 2.47. The molecule has 0 amide bonds. The number of hydrogen-bond donors (Lipinski definition) is 1. The van der Waals surface area contributed by atoms with Crippen molar-refractivity contribution in [3.05, 3.63) is 47.2 Å². The molecule has 0 radical (unpaired) electrons. The van der Waals surface area contributed by atoms with Crippen molar-refractivity contribution in [3.8, 4) is 0 Å². The molecule has 5 heteroatoms. The Kier molecular flexibility index (Phi) is 2.77. The molecule has 2 heterocycles. The van der Waals surface area contributed by atoms with E-state index in [0.29, 0.717) is 17.4 Å². The van der Waals surface area contributed by atoms with Crippen molar-refractivity contribution in [1.82, 2.24) is 9.78 Å². The van der Waals surface area contributed by atoms with E-state index in [0.717, 1.165) is 30.5 Å². The second kappa shape index (κ2) is 4.55. The van der Waals surface area contributed by atoms with E-state index in [1.165, 1.54) is 18.6 Å². The summed E-state index contributed by atoms with van der Waals surface area (Å²) in [6, 6.07) is 5.70. The highest BCUT2D eigenvalue weighted by molar-refractivity contribution is 5.43. The Morgan fingerprint density at radius 3 is 2.81 bits per heavy atom. The van der Waals surface area contributed by atoms with E-state index in [2.05, 4.69) is 23.4 Å². The van der Waals surface area contributed by atoms with Crippen LogP contribution in [-0.4, -0.2) is 16.3 Å². The van der Waals surface area contributed by atoms with Crippen LogP contribution in [0.15, 0.2) is 24.3 Å².